The normalized spacial score (nSPS) is 12.5. The lowest BCUT2D eigenvalue weighted by molar-refractivity contribution is 0.0193. The molecule has 224 valence electrons. The lowest BCUT2D eigenvalue weighted by Crippen LogP contribution is -2.14. The largest absolute Gasteiger partial charge is 0.513 e. The monoisotopic (exact) mass is 554 g/mol. The van der Waals surface area contributed by atoms with Crippen LogP contribution in [-0.4, -0.2) is 52.0 Å². The molecule has 9 heteroatoms. The number of allylic oxidation sites excluding steroid dienone is 4. The van der Waals surface area contributed by atoms with Crippen LogP contribution in [0.15, 0.2) is 48.3 Å². The van der Waals surface area contributed by atoms with Crippen molar-refractivity contribution in [3.05, 3.63) is 48.3 Å². The molecule has 0 saturated carbocycles. The molecule has 9 nitrogen and oxygen atoms in total. The molecule has 2 unspecified atom stereocenters. The highest BCUT2D eigenvalue weighted by molar-refractivity contribution is 5.60. The van der Waals surface area contributed by atoms with E-state index < -0.39 is 12.3 Å². The van der Waals surface area contributed by atoms with Crippen molar-refractivity contribution in [2.75, 3.05) is 39.6 Å². The van der Waals surface area contributed by atoms with Gasteiger partial charge < -0.3 is 33.2 Å². The fourth-order valence-corrected chi connectivity index (χ4v) is 3.06. The van der Waals surface area contributed by atoms with E-state index in [-0.39, 0.29) is 26.4 Å². The maximum absolute atomic E-state index is 11.5. The fraction of sp³-hybridized carbons (Fsp3) is 0.667. The van der Waals surface area contributed by atoms with Crippen LogP contribution in [0.1, 0.15) is 80.1 Å². The summed E-state index contributed by atoms with van der Waals surface area (Å²) in [5, 5.41) is 0. The Balaban J connectivity index is 3.57. The van der Waals surface area contributed by atoms with Crippen molar-refractivity contribution >= 4 is 12.3 Å². The molecule has 0 saturated heterocycles. The van der Waals surface area contributed by atoms with E-state index in [0.29, 0.717) is 25.0 Å². The van der Waals surface area contributed by atoms with E-state index in [4.69, 9.17) is 33.2 Å². The summed E-state index contributed by atoms with van der Waals surface area (Å²) in [4.78, 5) is 23.0. The third kappa shape index (κ3) is 27.9. The first kappa shape index (κ1) is 36.1. The summed E-state index contributed by atoms with van der Waals surface area (Å²) in [6, 6.07) is 0. The SMILES string of the molecule is CC(C)=CCCC(C)CCO/C=C/OC(=O)OCCOCCOC(=O)O/C=C/OCCC(C)CCC=C(C)C. The van der Waals surface area contributed by atoms with Gasteiger partial charge in [0, 0.05) is 0 Å². The molecule has 0 aromatic carbocycles. The fourth-order valence-electron chi connectivity index (χ4n) is 3.06. The van der Waals surface area contributed by atoms with Gasteiger partial charge in [-0.15, -0.1) is 0 Å². The molecule has 0 rings (SSSR count). The molecule has 0 amide bonds. The van der Waals surface area contributed by atoms with Gasteiger partial charge >= 0.3 is 12.3 Å². The van der Waals surface area contributed by atoms with Crippen LogP contribution < -0.4 is 0 Å². The molecule has 0 bridgehead atoms. The lowest BCUT2D eigenvalue weighted by atomic mass is 10.0. The summed E-state index contributed by atoms with van der Waals surface area (Å²) in [5.74, 6) is 1.11. The molecule has 0 aliphatic heterocycles. The number of carbonyl (C=O) groups is 2. The van der Waals surface area contributed by atoms with Gasteiger partial charge in [0.25, 0.3) is 0 Å². The van der Waals surface area contributed by atoms with Crippen molar-refractivity contribution in [1.82, 2.24) is 0 Å². The second kappa shape index (κ2) is 25.3. The Kier molecular flexibility index (Phi) is 23.4. The quantitative estimate of drug-likeness (QED) is 0.0573. The minimum atomic E-state index is -0.861. The van der Waals surface area contributed by atoms with Crippen molar-refractivity contribution in [3.63, 3.8) is 0 Å². The van der Waals surface area contributed by atoms with Gasteiger partial charge in [-0.05, 0) is 78.1 Å². The van der Waals surface area contributed by atoms with Gasteiger partial charge in [0.2, 0.25) is 0 Å². The van der Waals surface area contributed by atoms with Crippen LogP contribution in [0, 0.1) is 11.8 Å². The summed E-state index contributed by atoms with van der Waals surface area (Å²) in [5.41, 5.74) is 2.67. The molecule has 0 aromatic heterocycles. The first-order chi connectivity index (χ1) is 18.7. The number of hydrogen-bond acceptors (Lipinski definition) is 9. The predicted molar refractivity (Wildman–Crippen MR) is 151 cm³/mol. The van der Waals surface area contributed by atoms with Gasteiger partial charge in [-0.25, -0.2) is 9.59 Å². The maximum Gasteiger partial charge on any atom is 0.513 e. The summed E-state index contributed by atoms with van der Waals surface area (Å²) >= 11 is 0. The molecule has 0 N–H and O–H groups in total. The highest BCUT2D eigenvalue weighted by Gasteiger charge is 2.04. The highest BCUT2D eigenvalue weighted by Crippen LogP contribution is 2.12. The van der Waals surface area contributed by atoms with Crippen LogP contribution in [0.2, 0.25) is 0 Å². The Hall–Kier alpha value is -2.94. The van der Waals surface area contributed by atoms with Crippen LogP contribution in [0.25, 0.3) is 0 Å². The second-order valence-electron chi connectivity index (χ2n) is 9.84. The molecular weight excluding hydrogens is 504 g/mol. The summed E-state index contributed by atoms with van der Waals surface area (Å²) in [6.45, 7) is 14.1. The molecule has 0 heterocycles. The second-order valence-corrected chi connectivity index (χ2v) is 9.84. The lowest BCUT2D eigenvalue weighted by Gasteiger charge is -2.09. The van der Waals surface area contributed by atoms with Crippen LogP contribution in [0.5, 0.6) is 0 Å². The first-order valence-corrected chi connectivity index (χ1v) is 13.7. The average Bonchev–Trinajstić information content (AvgIpc) is 2.87. The molecule has 0 aliphatic rings. The van der Waals surface area contributed by atoms with E-state index in [2.05, 4.69) is 53.7 Å². The van der Waals surface area contributed by atoms with Gasteiger partial charge in [-0.3, -0.25) is 0 Å². The van der Waals surface area contributed by atoms with Crippen molar-refractivity contribution in [1.29, 1.82) is 0 Å². The van der Waals surface area contributed by atoms with E-state index in [1.54, 1.807) is 0 Å². The third-order valence-electron chi connectivity index (χ3n) is 5.41. The number of rotatable bonds is 22. The van der Waals surface area contributed by atoms with Gasteiger partial charge in [0.05, 0.1) is 26.4 Å². The topological polar surface area (TPSA) is 98.8 Å². The standard InChI is InChI=1S/C30H50O9/c1-25(2)9-7-11-27(5)13-15-33-17-21-36-29(31)38-23-19-35-20-24-39-30(32)37-22-18-34-16-14-28(6)12-8-10-26(3)4/h9-10,17-18,21-22,27-28H,7-8,11-16,19-20,23-24H2,1-6H3/b21-17+,22-18+. The Bertz CT molecular complexity index is 686. The first-order valence-electron chi connectivity index (χ1n) is 13.7. The van der Waals surface area contributed by atoms with E-state index in [0.717, 1.165) is 51.0 Å². The zero-order valence-corrected chi connectivity index (χ0v) is 24.8. The van der Waals surface area contributed by atoms with Crippen molar-refractivity contribution in [2.24, 2.45) is 11.8 Å². The molecular formula is C30H50O9. The van der Waals surface area contributed by atoms with Crippen LogP contribution in [0.3, 0.4) is 0 Å². The van der Waals surface area contributed by atoms with Crippen molar-refractivity contribution < 1.29 is 42.7 Å². The maximum atomic E-state index is 11.5. The van der Waals surface area contributed by atoms with Gasteiger partial charge in [0.1, 0.15) is 38.3 Å². The molecule has 0 radical (unpaired) electrons. The molecule has 0 aromatic rings. The van der Waals surface area contributed by atoms with E-state index in [9.17, 15) is 9.59 Å². The smallest absolute Gasteiger partial charge is 0.498 e. The van der Waals surface area contributed by atoms with Crippen LogP contribution in [0.4, 0.5) is 9.59 Å². The Morgan fingerprint density at radius 2 is 0.974 bits per heavy atom. The Morgan fingerprint density at radius 1 is 0.564 bits per heavy atom. The molecule has 39 heavy (non-hydrogen) atoms. The minimum absolute atomic E-state index is 0.00515. The number of carbonyl (C=O) groups excluding carboxylic acids is 2. The number of hydrogen-bond donors (Lipinski definition) is 0. The average molecular weight is 555 g/mol. The summed E-state index contributed by atoms with van der Waals surface area (Å²) in [6.07, 6.45) is 13.9. The third-order valence-corrected chi connectivity index (χ3v) is 5.41. The molecule has 0 spiro atoms. The van der Waals surface area contributed by atoms with Gasteiger partial charge in [-0.2, -0.15) is 0 Å². The zero-order chi connectivity index (χ0) is 29.1. The predicted octanol–water partition coefficient (Wildman–Crippen LogP) is 7.83. The van der Waals surface area contributed by atoms with Gasteiger partial charge in [0.15, 0.2) is 0 Å². The molecule has 0 fully saturated rings. The van der Waals surface area contributed by atoms with Crippen molar-refractivity contribution in [3.8, 4) is 0 Å². The van der Waals surface area contributed by atoms with Gasteiger partial charge in [-0.1, -0.05) is 37.1 Å². The Labute approximate surface area is 235 Å². The summed E-state index contributed by atoms with van der Waals surface area (Å²) < 4.78 is 35.1. The van der Waals surface area contributed by atoms with E-state index >= 15 is 0 Å². The van der Waals surface area contributed by atoms with Crippen LogP contribution >= 0.6 is 0 Å². The van der Waals surface area contributed by atoms with Crippen molar-refractivity contribution in [2.45, 2.75) is 80.1 Å². The minimum Gasteiger partial charge on any atom is -0.498 e. The summed E-state index contributed by atoms with van der Waals surface area (Å²) in [7, 11) is 0. The Morgan fingerprint density at radius 3 is 1.36 bits per heavy atom. The molecule has 0 aliphatic carbocycles. The number of ether oxygens (including phenoxy) is 7. The van der Waals surface area contributed by atoms with E-state index in [1.165, 1.54) is 23.7 Å². The van der Waals surface area contributed by atoms with Crippen LogP contribution in [-0.2, 0) is 33.2 Å². The zero-order valence-electron chi connectivity index (χ0n) is 24.8. The van der Waals surface area contributed by atoms with E-state index in [1.807, 2.05) is 0 Å². The highest BCUT2D eigenvalue weighted by atomic mass is 16.7. The molecule has 2 atom stereocenters.